The number of nitrogens with two attached hydrogens (primary N) is 1. The quantitative estimate of drug-likeness (QED) is 0.370. The van der Waals surface area contributed by atoms with Crippen LogP contribution >= 0.6 is 22.7 Å². The summed E-state index contributed by atoms with van der Waals surface area (Å²) in [5.41, 5.74) is 8.05. The maximum Gasteiger partial charge on any atom is 0.348 e. The van der Waals surface area contributed by atoms with E-state index in [1.807, 2.05) is 33.0 Å². The number of anilines is 2. The van der Waals surface area contributed by atoms with Crippen molar-refractivity contribution in [3.05, 3.63) is 50.9 Å². The van der Waals surface area contributed by atoms with Gasteiger partial charge in [-0.3, -0.25) is 4.79 Å². The van der Waals surface area contributed by atoms with Crippen molar-refractivity contribution in [2.45, 2.75) is 27.2 Å². The molecule has 0 bridgehead atoms. The van der Waals surface area contributed by atoms with E-state index in [1.165, 1.54) is 11.3 Å². The Hall–Kier alpha value is -2.69. The average molecular weight is 464 g/mol. The minimum absolute atomic E-state index is 0.196. The van der Waals surface area contributed by atoms with E-state index in [2.05, 4.69) is 27.4 Å². The first-order chi connectivity index (χ1) is 14.8. The molecule has 0 spiro atoms. The van der Waals surface area contributed by atoms with Gasteiger partial charge in [0.25, 0.3) is 5.91 Å². The molecule has 5 N–H and O–H groups in total. The maximum atomic E-state index is 12.8. The van der Waals surface area contributed by atoms with Crippen LogP contribution in [0.2, 0.25) is 0 Å². The number of carboxylic acid groups (broad SMARTS) is 1. The second-order valence-corrected chi connectivity index (χ2v) is 8.91. The van der Waals surface area contributed by atoms with Gasteiger partial charge in [-0.15, -0.1) is 22.7 Å². The van der Waals surface area contributed by atoms with Gasteiger partial charge in [-0.05, 0) is 50.3 Å². The van der Waals surface area contributed by atoms with E-state index in [4.69, 9.17) is 5.73 Å². The number of aromatic carboxylic acids is 1. The van der Waals surface area contributed by atoms with Gasteiger partial charge >= 0.3 is 5.97 Å². The zero-order valence-electron chi connectivity index (χ0n) is 18.1. The molecule has 1 atom stereocenters. The van der Waals surface area contributed by atoms with Gasteiger partial charge in [-0.1, -0.05) is 13.0 Å². The Bertz CT molecular complexity index is 964. The molecule has 2 aromatic heterocycles. The van der Waals surface area contributed by atoms with Crippen molar-refractivity contribution in [2.24, 2.45) is 11.7 Å². The monoisotopic (exact) mass is 463 g/mol. The molecule has 2 rings (SSSR count). The third-order valence-electron chi connectivity index (χ3n) is 4.74. The topological polar surface area (TPSA) is 121 Å². The van der Waals surface area contributed by atoms with Crippen molar-refractivity contribution in [3.8, 4) is 0 Å². The van der Waals surface area contributed by atoms with Gasteiger partial charge in [0.1, 0.15) is 10.6 Å². The zero-order valence-corrected chi connectivity index (χ0v) is 19.8. The summed E-state index contributed by atoms with van der Waals surface area (Å²) in [6, 6.07) is 1.67. The number of nitrogens with one attached hydrogen (secondary N) is 2. The number of carbonyl (C=O) groups is 2. The third kappa shape index (κ3) is 6.91. The SMILES string of the molecule is C/C=C\C(NC(=O)c1csc(Nc2ccsc2C(=O)O)n1)=C(/C)N(C)CCC(C)CN. The summed E-state index contributed by atoms with van der Waals surface area (Å²) < 4.78 is 0. The molecule has 0 aliphatic heterocycles. The van der Waals surface area contributed by atoms with E-state index < -0.39 is 5.97 Å². The van der Waals surface area contributed by atoms with Gasteiger partial charge in [0.05, 0.1) is 11.4 Å². The number of hydrogen-bond donors (Lipinski definition) is 4. The van der Waals surface area contributed by atoms with E-state index in [0.717, 1.165) is 30.0 Å². The van der Waals surface area contributed by atoms with Gasteiger partial charge in [0.15, 0.2) is 5.13 Å². The molecule has 0 aliphatic rings. The highest BCUT2D eigenvalue weighted by Crippen LogP contribution is 2.27. The van der Waals surface area contributed by atoms with E-state index in [1.54, 1.807) is 16.8 Å². The van der Waals surface area contributed by atoms with Crippen molar-refractivity contribution >= 4 is 45.4 Å². The summed E-state index contributed by atoms with van der Waals surface area (Å²) in [7, 11) is 1.99. The van der Waals surface area contributed by atoms with Crippen molar-refractivity contribution in [3.63, 3.8) is 0 Å². The Morgan fingerprint density at radius 1 is 1.39 bits per heavy atom. The molecule has 168 valence electrons. The van der Waals surface area contributed by atoms with Crippen LogP contribution in [0, 0.1) is 5.92 Å². The van der Waals surface area contributed by atoms with Crippen molar-refractivity contribution in [2.75, 3.05) is 25.5 Å². The summed E-state index contributed by atoms with van der Waals surface area (Å²) in [5, 5.41) is 18.9. The average Bonchev–Trinajstić information content (AvgIpc) is 3.40. The largest absolute Gasteiger partial charge is 0.477 e. The fourth-order valence-electron chi connectivity index (χ4n) is 2.63. The lowest BCUT2D eigenvalue weighted by Gasteiger charge is -2.24. The molecule has 0 aliphatic carbocycles. The number of rotatable bonds is 11. The van der Waals surface area contributed by atoms with Gasteiger partial charge < -0.3 is 26.4 Å². The molecule has 31 heavy (non-hydrogen) atoms. The summed E-state index contributed by atoms with van der Waals surface area (Å²) in [6.07, 6.45) is 4.68. The Balaban J connectivity index is 2.11. The van der Waals surface area contributed by atoms with Crippen LogP contribution in [0.15, 0.2) is 40.4 Å². The highest BCUT2D eigenvalue weighted by molar-refractivity contribution is 7.14. The second-order valence-electron chi connectivity index (χ2n) is 7.14. The molecule has 0 saturated heterocycles. The lowest BCUT2D eigenvalue weighted by atomic mass is 10.1. The van der Waals surface area contributed by atoms with Crippen LogP contribution in [0.1, 0.15) is 47.4 Å². The molecule has 0 fully saturated rings. The highest BCUT2D eigenvalue weighted by Gasteiger charge is 2.17. The number of carboxylic acids is 1. The Kier molecular flexibility index (Phi) is 9.22. The van der Waals surface area contributed by atoms with Crippen LogP contribution in [0.3, 0.4) is 0 Å². The summed E-state index contributed by atoms with van der Waals surface area (Å²) in [4.78, 5) is 30.6. The number of thiophene rings is 1. The molecule has 0 radical (unpaired) electrons. The zero-order chi connectivity index (χ0) is 23.0. The minimum atomic E-state index is -1.01. The second kappa shape index (κ2) is 11.6. The Morgan fingerprint density at radius 2 is 2.13 bits per heavy atom. The summed E-state index contributed by atoms with van der Waals surface area (Å²) in [6.45, 7) is 7.44. The molecule has 8 nitrogen and oxygen atoms in total. The van der Waals surface area contributed by atoms with E-state index in [0.29, 0.717) is 29.0 Å². The molecule has 0 aromatic carbocycles. The molecule has 0 saturated carbocycles. The van der Waals surface area contributed by atoms with Crippen LogP contribution in [-0.4, -0.2) is 47.0 Å². The number of thiazole rings is 1. The van der Waals surface area contributed by atoms with Crippen LogP contribution in [0.4, 0.5) is 10.8 Å². The molecule has 10 heteroatoms. The van der Waals surface area contributed by atoms with Crippen molar-refractivity contribution in [1.82, 2.24) is 15.2 Å². The van der Waals surface area contributed by atoms with Crippen LogP contribution in [0.5, 0.6) is 0 Å². The standard InChI is InChI=1S/C21H29N5O3S2/c1-5-6-15(14(3)26(4)9-7-13(2)11-22)23-19(27)17-12-31-21(25-17)24-16-8-10-30-18(16)20(28)29/h5-6,8,10,12-13H,7,9,11,22H2,1-4H3,(H,23,27)(H,24,25)(H,28,29)/b6-5-,15-14-. The predicted octanol–water partition coefficient (Wildman–Crippen LogP) is 4.10. The summed E-state index contributed by atoms with van der Waals surface area (Å²) >= 11 is 2.36. The van der Waals surface area contributed by atoms with Crippen LogP contribution in [0.25, 0.3) is 0 Å². The Morgan fingerprint density at radius 3 is 2.77 bits per heavy atom. The lowest BCUT2D eigenvalue weighted by molar-refractivity contribution is 0.0703. The van der Waals surface area contributed by atoms with Crippen molar-refractivity contribution in [1.29, 1.82) is 0 Å². The highest BCUT2D eigenvalue weighted by atomic mass is 32.1. The van der Waals surface area contributed by atoms with Gasteiger partial charge in [-0.25, -0.2) is 9.78 Å². The third-order valence-corrected chi connectivity index (χ3v) is 6.40. The minimum Gasteiger partial charge on any atom is -0.477 e. The van der Waals surface area contributed by atoms with Gasteiger partial charge in [0.2, 0.25) is 0 Å². The first-order valence-electron chi connectivity index (χ1n) is 9.86. The number of amides is 1. The van der Waals surface area contributed by atoms with E-state index >= 15 is 0 Å². The first kappa shape index (κ1) is 24.6. The molecule has 2 heterocycles. The number of allylic oxidation sites excluding steroid dienone is 3. The van der Waals surface area contributed by atoms with Crippen molar-refractivity contribution < 1.29 is 14.7 Å². The lowest BCUT2D eigenvalue weighted by Crippen LogP contribution is -2.28. The number of nitrogens with zero attached hydrogens (tertiary/aromatic N) is 2. The van der Waals surface area contributed by atoms with Gasteiger partial charge in [0, 0.05) is 24.7 Å². The smallest absolute Gasteiger partial charge is 0.348 e. The normalized spacial score (nSPS) is 13.1. The fourth-order valence-corrected chi connectivity index (χ4v) is 4.02. The molecular formula is C21H29N5O3S2. The first-order valence-corrected chi connectivity index (χ1v) is 11.6. The van der Waals surface area contributed by atoms with Crippen LogP contribution in [-0.2, 0) is 0 Å². The fraction of sp³-hybridized carbons (Fsp3) is 0.381. The van der Waals surface area contributed by atoms with Crippen LogP contribution < -0.4 is 16.4 Å². The number of carbonyl (C=O) groups excluding carboxylic acids is 1. The maximum absolute atomic E-state index is 12.8. The summed E-state index contributed by atoms with van der Waals surface area (Å²) in [5.74, 6) is -0.904. The van der Waals surface area contributed by atoms with E-state index in [-0.39, 0.29) is 16.5 Å². The van der Waals surface area contributed by atoms with E-state index in [9.17, 15) is 14.7 Å². The molecule has 2 aromatic rings. The molecule has 1 amide bonds. The molecular weight excluding hydrogens is 434 g/mol. The van der Waals surface area contributed by atoms with Gasteiger partial charge in [-0.2, -0.15) is 0 Å². The molecule has 1 unspecified atom stereocenters. The number of hydrogen-bond acceptors (Lipinski definition) is 8. The Labute approximate surface area is 190 Å². The number of aromatic nitrogens is 1. The predicted molar refractivity (Wildman–Crippen MR) is 127 cm³/mol.